The minimum Gasteiger partial charge on any atom is -0.465 e. The van der Waals surface area contributed by atoms with Crippen LogP contribution in [0.2, 0.25) is 4.24 Å². The number of amides is 6. The van der Waals surface area contributed by atoms with Crippen LogP contribution in [0.25, 0.3) is 2.86 Å². The van der Waals surface area contributed by atoms with Crippen LogP contribution in [-0.4, -0.2) is 198 Å². The number of aliphatic hydroxyl groups is 2. The lowest BCUT2D eigenvalue weighted by molar-refractivity contribution is -0.306. The van der Waals surface area contributed by atoms with Gasteiger partial charge in [0.05, 0.1) is 11.3 Å². The molecule has 0 radical (unpaired) electrons. The van der Waals surface area contributed by atoms with E-state index in [0.717, 1.165) is 54.7 Å². The Morgan fingerprint density at radius 3 is 1.54 bits per heavy atom. The van der Waals surface area contributed by atoms with Crippen molar-refractivity contribution in [3.63, 3.8) is 0 Å². The second-order valence-corrected chi connectivity index (χ2v) is 21.0. The van der Waals surface area contributed by atoms with Crippen molar-refractivity contribution in [1.29, 1.82) is 9.70 Å². The number of hydrogen-bond donors (Lipinski definition) is 10. The van der Waals surface area contributed by atoms with E-state index in [4.69, 9.17) is 31.3 Å². The lowest BCUT2D eigenvalue weighted by Crippen LogP contribution is -2.50. The van der Waals surface area contributed by atoms with Crippen LogP contribution in [0.15, 0.2) is 85.0 Å². The van der Waals surface area contributed by atoms with E-state index in [-0.39, 0.29) is 55.5 Å². The monoisotopic (exact) mass is 1200 g/mol. The highest BCUT2D eigenvalue weighted by Crippen LogP contribution is 2.27. The van der Waals surface area contributed by atoms with Crippen LogP contribution < -0.4 is 28.6 Å². The van der Waals surface area contributed by atoms with E-state index in [9.17, 15) is 38.7 Å². The van der Waals surface area contributed by atoms with Gasteiger partial charge >= 0.3 is 30.4 Å². The molecular weight excluding hydrogens is 1090 g/mol. The number of nitrogens with zero attached hydrogens (tertiary/aromatic N) is 6. The molecule has 0 spiro atoms. The minimum absolute atomic E-state index is 0. The number of likely N-dealkylation sites (N-methyl/N-ethyl adjacent to an activating group) is 4. The number of nitrogen functional groups attached to an aromatic ring is 1. The Labute approximate surface area is 509 Å². The van der Waals surface area contributed by atoms with Crippen molar-refractivity contribution >= 4 is 59.1 Å². The van der Waals surface area contributed by atoms with Crippen LogP contribution in [0.1, 0.15) is 102 Å². The standard InChI is InChI=1S/C15H22N2O3.C12H23NO3.C8H10N2O2.C7H7N.C5H12N2O2.C5H10N2O.C5H11NO2.CH4.H3N.H2O/c1-10(2)13(18)15(3,4)17-12-7-5-11(6-8-12)9-20-14(16)19;1-9(2)10(14)12(3,4)7-6-8-13(5)11(15)16;9-7-3-1-6(2-4-7)5-12-8(10)11;1-6-2-4-7(8)5-3-6;1-6-3-4-7(2)5(6,8)9;1-6-3-4-7(2)5(6)8;1-3-4-6(2)5(7)8;;;/h5-8,10,17H,9H2,1-4H3,(H2,16,19);9H,6-8H2,1-5H3,(H,15,16);1-4H,5,9H2,(H2,10,11);2-5,8H,1H2;8-9H,3-4H2,1-2H3;3-4H2,1-2H3;3-4H2,1-2H3,(H,7,8);1H4;1H3;1H2/i;;;;8D;;;;;/hD6. The third-order valence-corrected chi connectivity index (χ3v) is 12.1. The smallest absolute Gasteiger partial charge is 0.407 e. The largest absolute Gasteiger partial charge is 0.465 e. The molecule has 0 atom stereocenters. The Bertz CT molecular complexity index is 2440. The van der Waals surface area contributed by atoms with Gasteiger partial charge in [0.15, 0.2) is 8.61 Å². The maximum Gasteiger partial charge on any atom is 0.407 e. The number of carbonyl (C=O) groups excluding carboxylic acids is 5. The molecule has 2 fully saturated rings. The molecule has 5 rings (SSSR count). The van der Waals surface area contributed by atoms with Crippen LogP contribution in [0.4, 0.5) is 35.3 Å². The zero-order valence-electron chi connectivity index (χ0n) is 58.2. The summed E-state index contributed by atoms with van der Waals surface area (Å²) in [4.78, 5) is 86.7. The fourth-order valence-electron chi connectivity index (χ4n) is 7.09. The summed E-state index contributed by atoms with van der Waals surface area (Å²) < 4.78 is 51.8. The van der Waals surface area contributed by atoms with Crippen molar-refractivity contribution in [2.75, 3.05) is 92.6 Å². The number of carbonyl (C=O) groups is 7. The molecule has 0 saturated carbocycles. The maximum absolute atomic E-state index is 12.1. The number of anilines is 2. The topological polar surface area (TPSA) is 419 Å². The van der Waals surface area contributed by atoms with E-state index in [1.165, 1.54) is 9.80 Å². The molecule has 2 heterocycles. The highest BCUT2D eigenvalue weighted by Gasteiger charge is 2.39. The number of nitrogens with two attached hydrogens (primary N) is 3. The van der Waals surface area contributed by atoms with Crippen molar-refractivity contribution in [3.05, 3.63) is 96.1 Å². The molecule has 480 valence electrons. The van der Waals surface area contributed by atoms with Crippen LogP contribution in [0, 0.1) is 22.7 Å². The van der Waals surface area contributed by atoms with Gasteiger partial charge in [-0.1, -0.05) is 98.9 Å². The van der Waals surface area contributed by atoms with Gasteiger partial charge in [-0.3, -0.25) is 9.59 Å². The maximum atomic E-state index is 12.1. The Morgan fingerprint density at radius 1 is 0.786 bits per heavy atom. The van der Waals surface area contributed by atoms with E-state index in [2.05, 4.69) is 38.1 Å². The van der Waals surface area contributed by atoms with E-state index < -0.39 is 35.9 Å². The number of urea groups is 1. The molecule has 3 aliphatic rings. The molecular formula is C58H104N12O14. The van der Waals surface area contributed by atoms with Gasteiger partial charge in [-0.25, -0.2) is 33.8 Å². The van der Waals surface area contributed by atoms with E-state index >= 15 is 0 Å². The average Bonchev–Trinajstić information content (AvgIpc) is 2.49. The normalized spacial score (nSPS) is 14.6. The molecule has 0 aromatic heterocycles. The minimum atomic E-state index is -1.51. The summed E-state index contributed by atoms with van der Waals surface area (Å²) in [6.45, 7) is 25.3. The van der Waals surface area contributed by atoms with Gasteiger partial charge in [0.25, 0.3) is 8.90 Å². The van der Waals surface area contributed by atoms with Crippen molar-refractivity contribution < 1.29 is 74.6 Å². The third kappa shape index (κ3) is 36.1. The van der Waals surface area contributed by atoms with E-state index in [1.54, 1.807) is 108 Å². The highest BCUT2D eigenvalue weighted by molar-refractivity contribution is 6.03. The zero-order valence-corrected chi connectivity index (χ0v) is 51.2. The molecule has 26 heteroatoms. The van der Waals surface area contributed by atoms with E-state index in [1.807, 2.05) is 101 Å². The summed E-state index contributed by atoms with van der Waals surface area (Å²) in [6.07, 6.45) is 10.3. The predicted octanol–water partition coefficient (Wildman–Crippen LogP) is 7.30. The summed E-state index contributed by atoms with van der Waals surface area (Å²) in [7, 11) is 10.2. The van der Waals surface area contributed by atoms with Crippen LogP contribution >= 0.6 is 0 Å². The molecule has 2 aromatic rings. The van der Waals surface area contributed by atoms with Gasteiger partial charge in [0, 0.05) is 96.1 Å². The van der Waals surface area contributed by atoms with Crippen molar-refractivity contribution in [3.8, 4) is 0 Å². The highest BCUT2D eigenvalue weighted by atomic mass is 16.6. The Kier molecular flexibility index (Phi) is 35.5. The predicted molar refractivity (Wildman–Crippen MR) is 332 cm³/mol. The molecule has 2 saturated heterocycles. The SMILES string of the molecule is C.C=C1C=CC(=N)C=C1.CN1CCN(C)C1=O.[2H]N.[2H]NC(=O)OCc1ccc(N)cc1.[2H]NC(=O)OCc1ccc(NC(C)(C)C(=O)C(C)C)cc1.[2H]O.[2H]OC(=O)N(C)CCC.[2H]OC(=O)N(C)CCCC(C)(C)C(=O)C(C)C.[2H]OC1(O)N(C)CCN1C. The summed E-state index contributed by atoms with van der Waals surface area (Å²) in [5, 5.41) is 31.5. The molecule has 26 nitrogen and oxygen atoms in total. The summed E-state index contributed by atoms with van der Waals surface area (Å²) >= 11 is 0. The Hall–Kier alpha value is -7.62. The second-order valence-electron chi connectivity index (χ2n) is 21.0. The van der Waals surface area contributed by atoms with Gasteiger partial charge in [0.1, 0.15) is 20.4 Å². The first kappa shape index (κ1) is 70.6. The van der Waals surface area contributed by atoms with Gasteiger partial charge < -0.3 is 89.0 Å². The second kappa shape index (κ2) is 42.2. The number of ketones is 2. The molecule has 2 aliphatic heterocycles. The zero-order chi connectivity index (χ0) is 70.5. The number of primary amides is 2. The number of ether oxygens (including phenoxy) is 2. The molecule has 2 aromatic carbocycles. The first-order chi connectivity index (χ1) is 42.0. The summed E-state index contributed by atoms with van der Waals surface area (Å²) in [5.74, 6) is 0.370. The van der Waals surface area contributed by atoms with Crippen molar-refractivity contribution in [2.45, 2.75) is 114 Å². The Balaban J connectivity index is -0.000000321. The first-order valence-electron chi connectivity index (χ1n) is 29.4. The first-order valence-corrected chi connectivity index (χ1v) is 26.2. The summed E-state index contributed by atoms with van der Waals surface area (Å²) in [5.41, 5.74) is 18.6. The lowest BCUT2D eigenvalue weighted by Gasteiger charge is -2.28. The number of allylic oxidation sites excluding steroid dienone is 5. The van der Waals surface area contributed by atoms with Crippen molar-refractivity contribution in [1.82, 2.24) is 35.5 Å². The molecule has 0 bridgehead atoms. The van der Waals surface area contributed by atoms with E-state index in [0.29, 0.717) is 37.6 Å². The molecule has 17 N–H and O–H groups in total. The molecule has 1 aliphatic carbocycles. The molecule has 0 unspecified atom stereocenters. The fraction of sp³-hybridized carbons (Fsp3) is 0.552. The quantitative estimate of drug-likeness (QED) is 0.0548. The Morgan fingerprint density at radius 2 is 1.20 bits per heavy atom. The van der Waals surface area contributed by atoms with Gasteiger partial charge in [-0.15, -0.1) is 0 Å². The number of nitrogens with one attached hydrogen (secondary N) is 2. The lowest BCUT2D eigenvalue weighted by atomic mass is 9.79. The van der Waals surface area contributed by atoms with Gasteiger partial charge in [-0.05, 0) is 100 Å². The number of rotatable bonds is 17. The third-order valence-electron chi connectivity index (χ3n) is 12.1. The van der Waals surface area contributed by atoms with Crippen LogP contribution in [0.5, 0.6) is 0 Å². The molecule has 6 amide bonds. The summed E-state index contributed by atoms with van der Waals surface area (Å²) in [6, 6.07) is 12.8. The number of Topliss-reactive ketones (excluding diaryl/α,β-unsaturated/α-hetero) is 2. The van der Waals surface area contributed by atoms with Crippen molar-refractivity contribution in [2.24, 2.45) is 28.7 Å². The number of carboxylic acid groups (broad SMARTS) is 2. The molecule has 84 heavy (non-hydrogen) atoms. The number of hydrogen-bond acceptors (Lipinski definition) is 19. The number of benzene rings is 2. The average molecular weight is 1200 g/mol. The van der Waals surface area contributed by atoms with Gasteiger partial charge in [-0.2, -0.15) is 0 Å². The fourth-order valence-corrected chi connectivity index (χ4v) is 7.09. The van der Waals surface area contributed by atoms with Gasteiger partial charge in [0.2, 0.25) is 2.86 Å². The van der Waals surface area contributed by atoms with Crippen LogP contribution in [0.3, 0.4) is 0 Å². The van der Waals surface area contributed by atoms with Crippen LogP contribution in [-0.2, 0) is 32.3 Å².